The van der Waals surface area contributed by atoms with Gasteiger partial charge in [0.05, 0.1) is 25.6 Å². The number of halogens is 4. The Morgan fingerprint density at radius 3 is 2.71 bits per heavy atom. The Kier molecular flexibility index (Phi) is 5.16. The van der Waals surface area contributed by atoms with Crippen molar-refractivity contribution in [3.63, 3.8) is 0 Å². The van der Waals surface area contributed by atoms with Gasteiger partial charge >= 0.3 is 6.18 Å². The first-order chi connectivity index (χ1) is 14.5. The third-order valence-corrected chi connectivity index (χ3v) is 6.58. The largest absolute Gasteiger partial charge is 0.434 e. The van der Waals surface area contributed by atoms with Crippen LogP contribution >= 0.6 is 11.8 Å². The number of thioether (sulfide) groups is 1. The zero-order valence-electron chi connectivity index (χ0n) is 16.2. The van der Waals surface area contributed by atoms with E-state index in [2.05, 4.69) is 20.3 Å². The van der Waals surface area contributed by atoms with Crippen molar-refractivity contribution >= 4 is 28.5 Å². The van der Waals surface area contributed by atoms with Crippen LogP contribution in [0, 0.1) is 11.2 Å². The standard InChI is InChI=1S/C19H17F4N5O2S/c1-17-7-30-8-18(17,28-16(24)31-9-17)11-4-10(2-3-12(11)20)27-15(29)13-5-26-14(6-25-13)19(21,22)23/h2-6H,7-9H2,1H3,(H2,24,28)(H,27,29)/t17-,18+/m0/s1. The first-order valence-electron chi connectivity index (χ1n) is 9.11. The van der Waals surface area contributed by atoms with E-state index in [1.807, 2.05) is 6.92 Å². The number of nitrogens with one attached hydrogen (secondary N) is 1. The van der Waals surface area contributed by atoms with Crippen molar-refractivity contribution in [2.24, 2.45) is 16.1 Å². The maximum atomic E-state index is 14.9. The summed E-state index contributed by atoms with van der Waals surface area (Å²) in [6, 6.07) is 3.96. The number of carbonyl (C=O) groups is 1. The van der Waals surface area contributed by atoms with Crippen LogP contribution in [0.3, 0.4) is 0 Å². The van der Waals surface area contributed by atoms with Crippen molar-refractivity contribution in [1.82, 2.24) is 9.97 Å². The van der Waals surface area contributed by atoms with Gasteiger partial charge in [-0.25, -0.2) is 19.4 Å². The molecule has 1 aromatic heterocycles. The lowest BCUT2D eigenvalue weighted by Gasteiger charge is -2.42. The average molecular weight is 455 g/mol. The number of nitrogens with zero attached hydrogens (tertiary/aromatic N) is 3. The molecule has 2 aromatic rings. The van der Waals surface area contributed by atoms with E-state index in [1.165, 1.54) is 30.0 Å². The molecule has 0 radical (unpaired) electrons. The summed E-state index contributed by atoms with van der Waals surface area (Å²) in [6.45, 7) is 2.43. The normalized spacial score (nSPS) is 25.6. The fourth-order valence-electron chi connectivity index (χ4n) is 3.67. The summed E-state index contributed by atoms with van der Waals surface area (Å²) >= 11 is 1.37. The molecule has 1 aromatic carbocycles. The van der Waals surface area contributed by atoms with Crippen LogP contribution in [0.25, 0.3) is 0 Å². The van der Waals surface area contributed by atoms with Crippen LogP contribution < -0.4 is 11.1 Å². The summed E-state index contributed by atoms with van der Waals surface area (Å²) in [4.78, 5) is 23.7. The Labute approximate surface area is 178 Å². The fourth-order valence-corrected chi connectivity index (χ4v) is 4.68. The van der Waals surface area contributed by atoms with Crippen molar-refractivity contribution in [2.75, 3.05) is 24.3 Å². The Balaban J connectivity index is 1.64. The van der Waals surface area contributed by atoms with Gasteiger partial charge in [0.2, 0.25) is 0 Å². The summed E-state index contributed by atoms with van der Waals surface area (Å²) in [5, 5.41) is 2.82. The fraction of sp³-hybridized carbons (Fsp3) is 0.368. The van der Waals surface area contributed by atoms with Gasteiger partial charge < -0.3 is 15.8 Å². The van der Waals surface area contributed by atoms with Gasteiger partial charge in [-0.3, -0.25) is 4.79 Å². The van der Waals surface area contributed by atoms with Crippen LogP contribution in [0.1, 0.15) is 28.7 Å². The van der Waals surface area contributed by atoms with Crippen LogP contribution in [0.2, 0.25) is 0 Å². The van der Waals surface area contributed by atoms with Crippen molar-refractivity contribution in [2.45, 2.75) is 18.6 Å². The first-order valence-corrected chi connectivity index (χ1v) is 10.1. The monoisotopic (exact) mass is 455 g/mol. The highest BCUT2D eigenvalue weighted by atomic mass is 32.2. The summed E-state index contributed by atoms with van der Waals surface area (Å²) in [7, 11) is 0. The molecule has 164 valence electrons. The molecule has 4 rings (SSSR count). The van der Waals surface area contributed by atoms with Gasteiger partial charge in [-0.05, 0) is 18.2 Å². The molecule has 1 amide bonds. The summed E-state index contributed by atoms with van der Waals surface area (Å²) < 4.78 is 58.4. The lowest BCUT2D eigenvalue weighted by atomic mass is 9.70. The van der Waals surface area contributed by atoms with E-state index in [0.717, 1.165) is 6.20 Å². The predicted molar refractivity (Wildman–Crippen MR) is 106 cm³/mol. The molecule has 2 aliphatic rings. The topological polar surface area (TPSA) is 102 Å². The number of aliphatic imine (C=N–C) groups is 1. The Morgan fingerprint density at radius 1 is 1.26 bits per heavy atom. The molecule has 12 heteroatoms. The number of fused-ring (bicyclic) bond motifs is 1. The second-order valence-corrected chi connectivity index (χ2v) is 8.58. The summed E-state index contributed by atoms with van der Waals surface area (Å²) in [5.41, 5.74) is 3.27. The number of hydrogen-bond acceptors (Lipinski definition) is 7. The molecule has 1 saturated heterocycles. The molecule has 0 saturated carbocycles. The van der Waals surface area contributed by atoms with Gasteiger partial charge in [0.1, 0.15) is 17.1 Å². The molecule has 2 atom stereocenters. The van der Waals surface area contributed by atoms with Gasteiger partial charge in [-0.2, -0.15) is 13.2 Å². The number of amidine groups is 1. The van der Waals surface area contributed by atoms with Crippen molar-refractivity contribution in [3.05, 3.63) is 53.4 Å². The number of amides is 1. The highest BCUT2D eigenvalue weighted by molar-refractivity contribution is 8.13. The lowest BCUT2D eigenvalue weighted by Crippen LogP contribution is -2.48. The maximum Gasteiger partial charge on any atom is 0.434 e. The van der Waals surface area contributed by atoms with Crippen molar-refractivity contribution in [1.29, 1.82) is 0 Å². The van der Waals surface area contributed by atoms with E-state index >= 15 is 0 Å². The van der Waals surface area contributed by atoms with Crippen LogP contribution in [-0.2, 0) is 16.5 Å². The minimum atomic E-state index is -4.66. The van der Waals surface area contributed by atoms with Gasteiger partial charge in [0.15, 0.2) is 10.9 Å². The minimum Gasteiger partial charge on any atom is -0.379 e. The number of ether oxygens (including phenoxy) is 1. The molecule has 0 spiro atoms. The zero-order chi connectivity index (χ0) is 22.4. The van der Waals surface area contributed by atoms with E-state index in [1.54, 1.807) is 0 Å². The molecule has 31 heavy (non-hydrogen) atoms. The number of benzene rings is 1. The molecule has 2 aliphatic heterocycles. The number of hydrogen-bond donors (Lipinski definition) is 2. The van der Waals surface area contributed by atoms with E-state index in [9.17, 15) is 22.4 Å². The lowest BCUT2D eigenvalue weighted by molar-refractivity contribution is -0.141. The van der Waals surface area contributed by atoms with Gasteiger partial charge in [-0.1, -0.05) is 18.7 Å². The molecule has 0 unspecified atom stereocenters. The van der Waals surface area contributed by atoms with Crippen LogP contribution in [-0.4, -0.2) is 40.0 Å². The molecule has 0 bridgehead atoms. The van der Waals surface area contributed by atoms with Crippen molar-refractivity contribution in [3.8, 4) is 0 Å². The number of rotatable bonds is 3. The number of carbonyl (C=O) groups excluding carboxylic acids is 1. The highest BCUT2D eigenvalue weighted by Crippen LogP contribution is 2.53. The van der Waals surface area contributed by atoms with E-state index in [0.29, 0.717) is 23.7 Å². The first kappa shape index (κ1) is 21.5. The average Bonchev–Trinajstić information content (AvgIpc) is 3.06. The van der Waals surface area contributed by atoms with Gasteiger partial charge in [0, 0.05) is 22.4 Å². The van der Waals surface area contributed by atoms with Crippen molar-refractivity contribution < 1.29 is 27.1 Å². The minimum absolute atomic E-state index is 0.128. The smallest absolute Gasteiger partial charge is 0.379 e. The van der Waals surface area contributed by atoms with Crippen LogP contribution in [0.4, 0.5) is 23.2 Å². The summed E-state index contributed by atoms with van der Waals surface area (Å²) in [6.07, 6.45) is -3.46. The quantitative estimate of drug-likeness (QED) is 0.690. The number of alkyl halides is 3. The Bertz CT molecular complexity index is 1060. The van der Waals surface area contributed by atoms with E-state index < -0.39 is 34.5 Å². The number of anilines is 1. The number of nitrogens with two attached hydrogens (primary N) is 1. The number of aromatic nitrogens is 2. The summed E-state index contributed by atoms with van der Waals surface area (Å²) in [5.74, 6) is -0.740. The van der Waals surface area contributed by atoms with Gasteiger partial charge in [-0.15, -0.1) is 0 Å². The molecule has 1 fully saturated rings. The maximum absolute atomic E-state index is 14.9. The third-order valence-electron chi connectivity index (χ3n) is 5.41. The zero-order valence-corrected chi connectivity index (χ0v) is 17.0. The van der Waals surface area contributed by atoms with Crippen LogP contribution in [0.5, 0.6) is 0 Å². The van der Waals surface area contributed by atoms with E-state index in [-0.39, 0.29) is 23.6 Å². The highest BCUT2D eigenvalue weighted by Gasteiger charge is 2.57. The van der Waals surface area contributed by atoms with Crippen LogP contribution in [0.15, 0.2) is 35.6 Å². The molecular weight excluding hydrogens is 438 g/mol. The molecular formula is C19H17F4N5O2S. The second kappa shape index (κ2) is 7.45. The second-order valence-electron chi connectivity index (χ2n) is 7.59. The molecule has 0 aliphatic carbocycles. The van der Waals surface area contributed by atoms with Gasteiger partial charge in [0.25, 0.3) is 5.91 Å². The predicted octanol–water partition coefficient (Wildman–Crippen LogP) is 3.18. The SMILES string of the molecule is C[C@@]12COC[C@]1(c1cc(NC(=O)c3cnc(C(F)(F)F)cn3)ccc1F)N=C(N)SC2. The Hall–Kier alpha value is -2.73. The van der Waals surface area contributed by atoms with E-state index in [4.69, 9.17) is 10.5 Å². The molecule has 3 N–H and O–H groups in total. The Morgan fingerprint density at radius 2 is 2.03 bits per heavy atom. The third kappa shape index (κ3) is 3.74. The molecule has 3 heterocycles. The molecule has 7 nitrogen and oxygen atoms in total.